The molecule has 2 aromatic rings. The lowest BCUT2D eigenvalue weighted by atomic mass is 10.1. The first-order valence-electron chi connectivity index (χ1n) is 4.52. The topological polar surface area (TPSA) is 56.0 Å². The molecule has 0 aliphatic carbocycles. The average Bonchev–Trinajstić information content (AvgIpc) is 2.65. The van der Waals surface area contributed by atoms with Crippen molar-refractivity contribution in [3.8, 4) is 0 Å². The van der Waals surface area contributed by atoms with E-state index in [0.717, 1.165) is 28.3 Å². The van der Waals surface area contributed by atoms with Crippen molar-refractivity contribution < 1.29 is 4.79 Å². The molecule has 0 aliphatic heterocycles. The Bertz CT molecular complexity index is 462. The van der Waals surface area contributed by atoms with E-state index in [9.17, 15) is 4.79 Å². The summed E-state index contributed by atoms with van der Waals surface area (Å²) >= 11 is 1.49. The molecule has 0 spiro atoms. The molecule has 0 atom stereocenters. The van der Waals surface area contributed by atoms with Crippen LogP contribution >= 0.6 is 11.3 Å². The fourth-order valence-electron chi connectivity index (χ4n) is 1.29. The lowest BCUT2D eigenvalue weighted by molar-refractivity contribution is 0.112. The zero-order valence-corrected chi connectivity index (χ0v) is 8.83. The number of aldehydes is 1. The molecule has 1 aromatic heterocycles. The van der Waals surface area contributed by atoms with Gasteiger partial charge in [0.15, 0.2) is 0 Å². The van der Waals surface area contributed by atoms with Gasteiger partial charge >= 0.3 is 0 Å². The van der Waals surface area contributed by atoms with Gasteiger partial charge in [0.2, 0.25) is 0 Å². The summed E-state index contributed by atoms with van der Waals surface area (Å²) in [5, 5.41) is 1.72. The number of nitrogen functional groups attached to an aromatic ring is 1. The van der Waals surface area contributed by atoms with Crippen LogP contribution in [0.3, 0.4) is 0 Å². The van der Waals surface area contributed by atoms with Crippen LogP contribution in [0, 0.1) is 0 Å². The number of nitrogens with zero attached hydrogens (tertiary/aromatic N) is 1. The summed E-state index contributed by atoms with van der Waals surface area (Å²) in [7, 11) is 0. The van der Waals surface area contributed by atoms with Crippen LogP contribution in [-0.2, 0) is 6.42 Å². The molecule has 0 amide bonds. The summed E-state index contributed by atoms with van der Waals surface area (Å²) in [6, 6.07) is 7.47. The minimum atomic E-state index is 0.692. The minimum absolute atomic E-state index is 0.692. The van der Waals surface area contributed by atoms with E-state index in [4.69, 9.17) is 5.73 Å². The highest BCUT2D eigenvalue weighted by Crippen LogP contribution is 2.18. The van der Waals surface area contributed by atoms with E-state index in [0.29, 0.717) is 5.56 Å². The van der Waals surface area contributed by atoms with Gasteiger partial charge in [0.1, 0.15) is 11.3 Å². The highest BCUT2D eigenvalue weighted by molar-refractivity contribution is 7.15. The van der Waals surface area contributed by atoms with Crippen molar-refractivity contribution in [2.45, 2.75) is 6.42 Å². The second kappa shape index (κ2) is 4.23. The third-order valence-electron chi connectivity index (χ3n) is 2.04. The molecular formula is C11H10N2OS. The zero-order valence-electron chi connectivity index (χ0n) is 8.01. The number of carbonyl (C=O) groups is 1. The SMILES string of the molecule is Nc1cnc(Cc2ccc(C=O)cc2)s1. The van der Waals surface area contributed by atoms with Crippen molar-refractivity contribution in [2.24, 2.45) is 0 Å². The van der Waals surface area contributed by atoms with Gasteiger partial charge in [-0.1, -0.05) is 24.3 Å². The van der Waals surface area contributed by atoms with Crippen molar-refractivity contribution in [3.63, 3.8) is 0 Å². The Morgan fingerprint density at radius 1 is 1.33 bits per heavy atom. The second-order valence-corrected chi connectivity index (χ2v) is 4.34. The highest BCUT2D eigenvalue weighted by atomic mass is 32.1. The van der Waals surface area contributed by atoms with Crippen LogP contribution in [0.15, 0.2) is 30.5 Å². The van der Waals surface area contributed by atoms with E-state index < -0.39 is 0 Å². The first-order chi connectivity index (χ1) is 7.28. The Balaban J connectivity index is 2.14. The second-order valence-electron chi connectivity index (χ2n) is 3.19. The molecular weight excluding hydrogens is 208 g/mol. The van der Waals surface area contributed by atoms with E-state index in [1.54, 1.807) is 18.3 Å². The highest BCUT2D eigenvalue weighted by Gasteiger charge is 2.01. The number of hydrogen-bond donors (Lipinski definition) is 1. The fourth-order valence-corrected chi connectivity index (χ4v) is 2.02. The molecule has 0 unspecified atom stereocenters. The Kier molecular flexibility index (Phi) is 2.78. The van der Waals surface area contributed by atoms with E-state index in [2.05, 4.69) is 4.98 Å². The molecule has 0 saturated carbocycles. The molecule has 76 valence electrons. The third-order valence-corrected chi connectivity index (χ3v) is 2.87. The van der Waals surface area contributed by atoms with E-state index in [1.165, 1.54) is 11.3 Å². The van der Waals surface area contributed by atoms with Gasteiger partial charge in [-0.3, -0.25) is 4.79 Å². The predicted octanol–water partition coefficient (Wildman–Crippen LogP) is 2.13. The Morgan fingerprint density at radius 2 is 2.07 bits per heavy atom. The van der Waals surface area contributed by atoms with Gasteiger partial charge in [-0.2, -0.15) is 0 Å². The Labute approximate surface area is 91.6 Å². The molecule has 15 heavy (non-hydrogen) atoms. The van der Waals surface area contributed by atoms with Crippen molar-refractivity contribution in [2.75, 3.05) is 5.73 Å². The lowest BCUT2D eigenvalue weighted by Gasteiger charge is -1.97. The molecule has 0 radical (unpaired) electrons. The van der Waals surface area contributed by atoms with Crippen LogP contribution in [0.25, 0.3) is 0 Å². The van der Waals surface area contributed by atoms with Gasteiger partial charge in [0.25, 0.3) is 0 Å². The first-order valence-corrected chi connectivity index (χ1v) is 5.34. The van der Waals surface area contributed by atoms with Crippen LogP contribution in [0.5, 0.6) is 0 Å². The number of rotatable bonds is 3. The molecule has 1 aromatic carbocycles. The smallest absolute Gasteiger partial charge is 0.150 e. The van der Waals surface area contributed by atoms with Crippen molar-refractivity contribution >= 4 is 22.6 Å². The van der Waals surface area contributed by atoms with Gasteiger partial charge in [0, 0.05) is 12.0 Å². The molecule has 2 N–H and O–H groups in total. The molecule has 0 aliphatic rings. The van der Waals surface area contributed by atoms with Crippen LogP contribution in [0.1, 0.15) is 20.9 Å². The summed E-state index contributed by atoms with van der Waals surface area (Å²) < 4.78 is 0. The van der Waals surface area contributed by atoms with Crippen LogP contribution in [0.2, 0.25) is 0 Å². The van der Waals surface area contributed by atoms with Gasteiger partial charge in [0.05, 0.1) is 11.2 Å². The molecule has 1 heterocycles. The number of nitrogens with two attached hydrogens (primary N) is 1. The predicted molar refractivity (Wildman–Crippen MR) is 61.2 cm³/mol. The van der Waals surface area contributed by atoms with Crippen LogP contribution in [0.4, 0.5) is 5.00 Å². The lowest BCUT2D eigenvalue weighted by Crippen LogP contribution is -1.87. The van der Waals surface area contributed by atoms with Crippen LogP contribution < -0.4 is 5.73 Å². The van der Waals surface area contributed by atoms with Gasteiger partial charge in [-0.25, -0.2) is 4.98 Å². The molecule has 4 heteroatoms. The summed E-state index contributed by atoms with van der Waals surface area (Å²) in [5.74, 6) is 0. The van der Waals surface area contributed by atoms with E-state index >= 15 is 0 Å². The largest absolute Gasteiger partial charge is 0.389 e. The Hall–Kier alpha value is -1.68. The summed E-state index contributed by atoms with van der Waals surface area (Å²) in [6.45, 7) is 0. The maximum absolute atomic E-state index is 10.5. The van der Waals surface area contributed by atoms with Gasteiger partial charge < -0.3 is 5.73 Å². The maximum atomic E-state index is 10.5. The molecule has 0 bridgehead atoms. The standard InChI is InChI=1S/C11H10N2OS/c12-10-6-13-11(15-10)5-8-1-3-9(7-14)4-2-8/h1-4,6-7H,5,12H2. The van der Waals surface area contributed by atoms with Crippen molar-refractivity contribution in [1.82, 2.24) is 4.98 Å². The zero-order chi connectivity index (χ0) is 10.7. The summed E-state index contributed by atoms with van der Waals surface area (Å²) in [6.07, 6.45) is 3.27. The average molecular weight is 218 g/mol. The van der Waals surface area contributed by atoms with Gasteiger partial charge in [-0.15, -0.1) is 11.3 Å². The number of benzene rings is 1. The number of carbonyl (C=O) groups excluding carboxylic acids is 1. The number of anilines is 1. The number of thiazole rings is 1. The van der Waals surface area contributed by atoms with E-state index in [1.807, 2.05) is 12.1 Å². The summed E-state index contributed by atoms with van der Waals surface area (Å²) in [4.78, 5) is 14.6. The number of hydrogen-bond acceptors (Lipinski definition) is 4. The molecule has 0 fully saturated rings. The summed E-state index contributed by atoms with van der Waals surface area (Å²) in [5.41, 5.74) is 7.41. The minimum Gasteiger partial charge on any atom is -0.389 e. The third kappa shape index (κ3) is 2.41. The number of aromatic nitrogens is 1. The van der Waals surface area contributed by atoms with Crippen molar-refractivity contribution in [1.29, 1.82) is 0 Å². The monoisotopic (exact) mass is 218 g/mol. The van der Waals surface area contributed by atoms with E-state index in [-0.39, 0.29) is 0 Å². The van der Waals surface area contributed by atoms with Crippen molar-refractivity contribution in [3.05, 3.63) is 46.6 Å². The molecule has 2 rings (SSSR count). The fraction of sp³-hybridized carbons (Fsp3) is 0.0909. The Morgan fingerprint density at radius 3 is 2.60 bits per heavy atom. The maximum Gasteiger partial charge on any atom is 0.150 e. The quantitative estimate of drug-likeness (QED) is 0.803. The van der Waals surface area contributed by atoms with Crippen LogP contribution in [-0.4, -0.2) is 11.3 Å². The van der Waals surface area contributed by atoms with Gasteiger partial charge in [-0.05, 0) is 5.56 Å². The molecule has 0 saturated heterocycles. The first kappa shape index (κ1) is 9.86. The molecule has 3 nitrogen and oxygen atoms in total. The normalized spacial score (nSPS) is 10.1.